The molecule has 28 heavy (non-hydrogen) atoms. The largest absolute Gasteiger partial charge is 0.494 e. The van der Waals surface area contributed by atoms with Crippen LogP contribution in [0.15, 0.2) is 65.7 Å². The van der Waals surface area contributed by atoms with E-state index in [1.165, 1.54) is 11.3 Å². The summed E-state index contributed by atoms with van der Waals surface area (Å²) in [5.41, 5.74) is 3.58. The number of hydrogen-bond acceptors (Lipinski definition) is 3. The third-order valence-electron chi connectivity index (χ3n) is 4.58. The van der Waals surface area contributed by atoms with Crippen molar-refractivity contribution in [1.82, 2.24) is 10.6 Å². The molecule has 2 aromatic carbocycles. The summed E-state index contributed by atoms with van der Waals surface area (Å²) in [4.78, 5) is 7.11. The van der Waals surface area contributed by atoms with Gasteiger partial charge in [0.2, 0.25) is 0 Å². The van der Waals surface area contributed by atoms with Crippen molar-refractivity contribution in [3.8, 4) is 5.75 Å². The van der Waals surface area contributed by atoms with Crippen LogP contribution in [0.4, 0.5) is 5.69 Å². The topological polar surface area (TPSA) is 48.9 Å². The molecule has 0 unspecified atom stereocenters. The Labute approximate surface area is 168 Å². The molecule has 2 N–H and O–H groups in total. The molecule has 5 nitrogen and oxygen atoms in total. The maximum Gasteiger partial charge on any atom is 0.191 e. The lowest BCUT2D eigenvalue weighted by Gasteiger charge is -2.18. The van der Waals surface area contributed by atoms with Gasteiger partial charge in [-0.2, -0.15) is 0 Å². The third-order valence-corrected chi connectivity index (χ3v) is 4.58. The van der Waals surface area contributed by atoms with Crippen LogP contribution in [0.25, 0.3) is 0 Å². The number of ether oxygens (including phenoxy) is 1. The van der Waals surface area contributed by atoms with Crippen LogP contribution in [0.1, 0.15) is 25.0 Å². The van der Waals surface area contributed by atoms with Crippen LogP contribution in [0, 0.1) is 0 Å². The lowest BCUT2D eigenvalue weighted by Crippen LogP contribution is -2.36. The molecule has 2 aromatic rings. The Bertz CT molecular complexity index is 808. The highest BCUT2D eigenvalue weighted by atomic mass is 16.5. The number of nitrogens with one attached hydrogen (secondary N) is 2. The minimum absolute atomic E-state index is 0.636. The van der Waals surface area contributed by atoms with Crippen LogP contribution >= 0.6 is 0 Å². The number of aliphatic imine (C=N–C) groups is 1. The lowest BCUT2D eigenvalue weighted by atomic mass is 10.2. The van der Waals surface area contributed by atoms with Crippen LogP contribution in [-0.2, 0) is 13.1 Å². The van der Waals surface area contributed by atoms with Gasteiger partial charge < -0.3 is 20.3 Å². The fourth-order valence-corrected chi connectivity index (χ4v) is 3.18. The Kier molecular flexibility index (Phi) is 7.36. The average Bonchev–Trinajstić information content (AvgIpc) is 3.26. The second-order valence-electron chi connectivity index (χ2n) is 6.64. The van der Waals surface area contributed by atoms with E-state index in [-0.39, 0.29) is 0 Å². The predicted molar refractivity (Wildman–Crippen MR) is 117 cm³/mol. The second kappa shape index (κ2) is 10.4. The monoisotopic (exact) mass is 378 g/mol. The molecule has 1 aliphatic heterocycles. The quantitative estimate of drug-likeness (QED) is 0.418. The highest BCUT2D eigenvalue weighted by Crippen LogP contribution is 2.19. The number of hydrogen-bond donors (Lipinski definition) is 2. The van der Waals surface area contributed by atoms with Crippen molar-refractivity contribution in [2.75, 3.05) is 31.1 Å². The molecule has 0 radical (unpaired) electrons. The molecule has 0 amide bonds. The van der Waals surface area contributed by atoms with Gasteiger partial charge in [-0.05, 0) is 37.6 Å². The maximum atomic E-state index is 5.71. The number of rotatable bonds is 8. The predicted octanol–water partition coefficient (Wildman–Crippen LogP) is 3.72. The Morgan fingerprint density at radius 3 is 2.64 bits per heavy atom. The number of benzene rings is 2. The van der Waals surface area contributed by atoms with Crippen LogP contribution in [-0.4, -0.2) is 32.2 Å². The third kappa shape index (κ3) is 5.52. The highest BCUT2D eigenvalue weighted by Gasteiger charge is 2.08. The first kappa shape index (κ1) is 19.8. The number of guanidine groups is 1. The first-order valence-electron chi connectivity index (χ1n) is 10.0. The zero-order chi connectivity index (χ0) is 19.6. The Hall–Kier alpha value is -2.95. The van der Waals surface area contributed by atoms with Crippen molar-refractivity contribution < 1.29 is 4.74 Å². The summed E-state index contributed by atoms with van der Waals surface area (Å²) >= 11 is 0. The van der Waals surface area contributed by atoms with Gasteiger partial charge in [0.05, 0.1) is 13.2 Å². The zero-order valence-corrected chi connectivity index (χ0v) is 16.8. The van der Waals surface area contributed by atoms with Crippen molar-refractivity contribution in [3.63, 3.8) is 0 Å². The van der Waals surface area contributed by atoms with Crippen LogP contribution < -0.4 is 20.3 Å². The number of anilines is 1. The van der Waals surface area contributed by atoms with Gasteiger partial charge in [0.25, 0.3) is 0 Å². The summed E-state index contributed by atoms with van der Waals surface area (Å²) in [5.74, 6) is 1.72. The molecule has 0 aliphatic carbocycles. The molecule has 0 saturated heterocycles. The van der Waals surface area contributed by atoms with Crippen molar-refractivity contribution in [3.05, 3.63) is 71.8 Å². The molecule has 1 aliphatic rings. The molecular weight excluding hydrogens is 348 g/mol. The van der Waals surface area contributed by atoms with Crippen LogP contribution in [0.2, 0.25) is 0 Å². The van der Waals surface area contributed by atoms with E-state index in [4.69, 9.17) is 9.73 Å². The second-order valence-corrected chi connectivity index (χ2v) is 6.64. The molecule has 0 atom stereocenters. The molecular formula is C23H30N4O. The summed E-state index contributed by atoms with van der Waals surface area (Å²) < 4.78 is 5.71. The van der Waals surface area contributed by atoms with Gasteiger partial charge in [-0.1, -0.05) is 42.5 Å². The molecule has 5 heteroatoms. The van der Waals surface area contributed by atoms with E-state index in [1.807, 2.05) is 25.1 Å². The molecule has 0 saturated carbocycles. The SMILES string of the molecule is CCNC(=NCc1cccc(N2CC=CC2)c1)NCc1ccccc1OCC. The van der Waals surface area contributed by atoms with Crippen LogP contribution in [0.5, 0.6) is 5.75 Å². The van der Waals surface area contributed by atoms with Gasteiger partial charge >= 0.3 is 0 Å². The van der Waals surface area contributed by atoms with E-state index in [0.717, 1.165) is 36.9 Å². The summed E-state index contributed by atoms with van der Waals surface area (Å²) in [6, 6.07) is 16.7. The van der Waals surface area contributed by atoms with Crippen molar-refractivity contribution >= 4 is 11.6 Å². The Morgan fingerprint density at radius 1 is 1.04 bits per heavy atom. The summed E-state index contributed by atoms with van der Waals surface area (Å²) in [5, 5.41) is 6.74. The first-order chi connectivity index (χ1) is 13.8. The average molecular weight is 379 g/mol. The van der Waals surface area contributed by atoms with Gasteiger partial charge in [0, 0.05) is 37.4 Å². The van der Waals surface area contributed by atoms with E-state index >= 15 is 0 Å². The summed E-state index contributed by atoms with van der Waals surface area (Å²) in [7, 11) is 0. The van der Waals surface area contributed by atoms with Gasteiger partial charge in [-0.3, -0.25) is 0 Å². The summed E-state index contributed by atoms with van der Waals surface area (Å²) in [6.07, 6.45) is 4.41. The fourth-order valence-electron chi connectivity index (χ4n) is 3.18. The maximum absolute atomic E-state index is 5.71. The van der Waals surface area contributed by atoms with Gasteiger partial charge in [0.1, 0.15) is 5.75 Å². The van der Waals surface area contributed by atoms with Gasteiger partial charge in [-0.25, -0.2) is 4.99 Å². The number of para-hydroxylation sites is 1. The molecule has 148 valence electrons. The zero-order valence-electron chi connectivity index (χ0n) is 16.8. The normalized spacial score (nSPS) is 13.6. The minimum atomic E-state index is 0.636. The molecule has 1 heterocycles. The van der Waals surface area contributed by atoms with E-state index < -0.39 is 0 Å². The van der Waals surface area contributed by atoms with Gasteiger partial charge in [-0.15, -0.1) is 0 Å². The number of nitrogens with zero attached hydrogens (tertiary/aromatic N) is 2. The van der Waals surface area contributed by atoms with Crippen LogP contribution in [0.3, 0.4) is 0 Å². The Balaban J connectivity index is 1.64. The highest BCUT2D eigenvalue weighted by molar-refractivity contribution is 5.79. The van der Waals surface area contributed by atoms with E-state index in [1.54, 1.807) is 0 Å². The molecule has 0 aromatic heterocycles. The van der Waals surface area contributed by atoms with E-state index in [0.29, 0.717) is 19.7 Å². The van der Waals surface area contributed by atoms with Gasteiger partial charge in [0.15, 0.2) is 5.96 Å². The first-order valence-corrected chi connectivity index (χ1v) is 10.0. The smallest absolute Gasteiger partial charge is 0.191 e. The van der Waals surface area contributed by atoms with Crippen molar-refractivity contribution in [2.24, 2.45) is 4.99 Å². The Morgan fingerprint density at radius 2 is 1.86 bits per heavy atom. The fraction of sp³-hybridized carbons (Fsp3) is 0.348. The lowest BCUT2D eigenvalue weighted by molar-refractivity contribution is 0.336. The summed E-state index contributed by atoms with van der Waals surface area (Å²) in [6.45, 7) is 8.83. The standard InChI is InChI=1S/C23H30N4O/c1-3-24-23(26-18-20-11-5-6-13-22(20)28-4-2)25-17-19-10-9-12-21(16-19)27-14-7-8-15-27/h5-13,16H,3-4,14-15,17-18H2,1-2H3,(H2,24,25,26). The molecule has 0 fully saturated rings. The molecule has 0 bridgehead atoms. The van der Waals surface area contributed by atoms with E-state index in [9.17, 15) is 0 Å². The molecule has 3 rings (SSSR count). The van der Waals surface area contributed by atoms with Crippen molar-refractivity contribution in [1.29, 1.82) is 0 Å². The minimum Gasteiger partial charge on any atom is -0.494 e. The van der Waals surface area contributed by atoms with E-state index in [2.05, 4.69) is 64.9 Å². The van der Waals surface area contributed by atoms with Crippen molar-refractivity contribution in [2.45, 2.75) is 26.9 Å². The molecule has 0 spiro atoms.